The molecule has 2 aliphatic rings. The second-order valence-corrected chi connectivity index (χ2v) is 13.4. The van der Waals surface area contributed by atoms with Crippen LogP contribution in [0.2, 0.25) is 0 Å². The fourth-order valence-electron chi connectivity index (χ4n) is 5.88. The number of hydrogen-bond donors (Lipinski definition) is 1. The number of nitrogens with zero attached hydrogens (tertiary/aromatic N) is 3. The van der Waals surface area contributed by atoms with Crippen molar-refractivity contribution in [3.8, 4) is 16.9 Å². The molecule has 6 nitrogen and oxygen atoms in total. The summed E-state index contributed by atoms with van der Waals surface area (Å²) in [6.45, 7) is 11.7. The molecule has 2 saturated heterocycles. The Morgan fingerprint density at radius 1 is 1.02 bits per heavy atom. The molecule has 2 fully saturated rings. The van der Waals surface area contributed by atoms with Crippen molar-refractivity contribution in [2.45, 2.75) is 53.0 Å². The van der Waals surface area contributed by atoms with E-state index in [0.29, 0.717) is 13.0 Å². The van der Waals surface area contributed by atoms with E-state index in [0.717, 1.165) is 102 Å². The third-order valence-electron chi connectivity index (χ3n) is 8.50. The first-order valence-electron chi connectivity index (χ1n) is 15.0. The number of carboxylic acids is 1. The monoisotopic (exact) mass is 591 g/mol. The Morgan fingerprint density at radius 3 is 2.33 bits per heavy atom. The van der Waals surface area contributed by atoms with Gasteiger partial charge in [0.2, 0.25) is 0 Å². The predicted molar refractivity (Wildman–Crippen MR) is 169 cm³/mol. The summed E-state index contributed by atoms with van der Waals surface area (Å²) in [5, 5.41) is 9.91. The van der Waals surface area contributed by atoms with Gasteiger partial charge in [-0.25, -0.2) is 4.39 Å². The third kappa shape index (κ3) is 7.64. The minimum Gasteiger partial charge on any atom is -0.493 e. The van der Waals surface area contributed by atoms with Crippen molar-refractivity contribution in [3.05, 3.63) is 76.9 Å². The van der Waals surface area contributed by atoms with Crippen molar-refractivity contribution in [2.75, 3.05) is 49.2 Å². The molecule has 0 atom stereocenters. The predicted octanol–water partition coefficient (Wildman–Crippen LogP) is 6.62. The van der Waals surface area contributed by atoms with Crippen molar-refractivity contribution in [1.29, 1.82) is 0 Å². The highest BCUT2D eigenvalue weighted by molar-refractivity contribution is 7.99. The SMILES string of the molecule is Cc1nc(CN2CCSCC2)c(-c2ccc(OCCc3ccc(F)cc3)cc2)c(N2CCC(C)(C)CC2)c1CC(=O)O. The zero-order chi connectivity index (χ0) is 29.7. The lowest BCUT2D eigenvalue weighted by molar-refractivity contribution is -0.136. The summed E-state index contributed by atoms with van der Waals surface area (Å²) in [4.78, 5) is 22.1. The highest BCUT2D eigenvalue weighted by atomic mass is 32.2. The van der Waals surface area contributed by atoms with Gasteiger partial charge in [0.25, 0.3) is 0 Å². The zero-order valence-electron chi connectivity index (χ0n) is 25.0. The molecule has 1 aromatic heterocycles. The number of ether oxygens (including phenoxy) is 1. The van der Waals surface area contributed by atoms with Crippen LogP contribution in [0.1, 0.15) is 49.2 Å². The number of piperidine rings is 1. The normalized spacial score (nSPS) is 17.3. The van der Waals surface area contributed by atoms with Gasteiger partial charge < -0.3 is 14.7 Å². The van der Waals surface area contributed by atoms with E-state index in [1.54, 1.807) is 12.1 Å². The Labute approximate surface area is 253 Å². The van der Waals surface area contributed by atoms with Crippen LogP contribution in [0.25, 0.3) is 11.1 Å². The number of hydrogen-bond acceptors (Lipinski definition) is 6. The molecule has 0 amide bonds. The molecule has 2 aromatic carbocycles. The van der Waals surface area contributed by atoms with Gasteiger partial charge in [-0.05, 0) is 60.6 Å². The molecule has 2 aliphatic heterocycles. The standard InChI is InChI=1S/C34H42FN3O3S/c1-24-29(22-31(39)40)33(38-15-13-34(2,3)14-16-38)32(30(36-24)23-37-17-20-42-21-18-37)26-6-10-28(11-7-26)41-19-12-25-4-8-27(35)9-5-25/h4-11H,12-23H2,1-3H3,(H,39,40). The van der Waals surface area contributed by atoms with Crippen LogP contribution in [0.15, 0.2) is 48.5 Å². The lowest BCUT2D eigenvalue weighted by atomic mass is 9.82. The molecule has 3 heterocycles. The number of thioether (sulfide) groups is 1. The maximum absolute atomic E-state index is 13.2. The average Bonchev–Trinajstić information content (AvgIpc) is 2.96. The summed E-state index contributed by atoms with van der Waals surface area (Å²) in [5.74, 6) is 1.92. The number of anilines is 1. The minimum atomic E-state index is -0.838. The minimum absolute atomic E-state index is 0.0493. The maximum atomic E-state index is 13.2. The molecular formula is C34H42FN3O3S. The fraction of sp³-hybridized carbons (Fsp3) is 0.471. The Kier molecular flexibility index (Phi) is 9.74. The van der Waals surface area contributed by atoms with Crippen LogP contribution in [0, 0.1) is 18.2 Å². The molecule has 0 unspecified atom stereocenters. The summed E-state index contributed by atoms with van der Waals surface area (Å²) < 4.78 is 19.3. The summed E-state index contributed by atoms with van der Waals surface area (Å²) in [7, 11) is 0. The molecule has 224 valence electrons. The molecule has 8 heteroatoms. The van der Waals surface area contributed by atoms with Crippen LogP contribution >= 0.6 is 11.8 Å². The van der Waals surface area contributed by atoms with Crippen LogP contribution in [-0.4, -0.2) is 65.3 Å². The Bertz CT molecular complexity index is 1360. The largest absolute Gasteiger partial charge is 0.493 e. The van der Waals surface area contributed by atoms with Gasteiger partial charge in [0.05, 0.1) is 24.4 Å². The van der Waals surface area contributed by atoms with Crippen molar-refractivity contribution < 1.29 is 19.0 Å². The summed E-state index contributed by atoms with van der Waals surface area (Å²) in [5.41, 5.74) is 7.05. The van der Waals surface area contributed by atoms with E-state index in [4.69, 9.17) is 9.72 Å². The average molecular weight is 592 g/mol. The Balaban J connectivity index is 1.49. The number of carboxylic acid groups (broad SMARTS) is 1. The number of halogens is 1. The number of rotatable bonds is 10. The zero-order valence-corrected chi connectivity index (χ0v) is 25.8. The van der Waals surface area contributed by atoms with Crippen LogP contribution in [-0.2, 0) is 24.2 Å². The highest BCUT2D eigenvalue weighted by Crippen LogP contribution is 2.42. The topological polar surface area (TPSA) is 65.9 Å². The molecule has 0 bridgehead atoms. The molecule has 0 spiro atoms. The number of aromatic nitrogens is 1. The van der Waals surface area contributed by atoms with E-state index in [2.05, 4.69) is 35.8 Å². The number of carbonyl (C=O) groups is 1. The quantitative estimate of drug-likeness (QED) is 0.284. The molecule has 1 N–H and O–H groups in total. The first-order chi connectivity index (χ1) is 20.2. The van der Waals surface area contributed by atoms with Crippen LogP contribution in [0.4, 0.5) is 10.1 Å². The van der Waals surface area contributed by atoms with E-state index in [1.807, 2.05) is 30.8 Å². The smallest absolute Gasteiger partial charge is 0.307 e. The third-order valence-corrected chi connectivity index (χ3v) is 9.45. The summed E-state index contributed by atoms with van der Waals surface area (Å²) >= 11 is 1.99. The van der Waals surface area contributed by atoms with Crippen LogP contribution < -0.4 is 9.64 Å². The van der Waals surface area contributed by atoms with Gasteiger partial charge in [-0.3, -0.25) is 14.7 Å². The lowest BCUT2D eigenvalue weighted by Gasteiger charge is -2.40. The lowest BCUT2D eigenvalue weighted by Crippen LogP contribution is -2.39. The van der Waals surface area contributed by atoms with E-state index < -0.39 is 5.97 Å². The van der Waals surface area contributed by atoms with Crippen molar-refractivity contribution >= 4 is 23.4 Å². The maximum Gasteiger partial charge on any atom is 0.307 e. The van der Waals surface area contributed by atoms with Crippen molar-refractivity contribution in [2.24, 2.45) is 5.41 Å². The highest BCUT2D eigenvalue weighted by Gasteiger charge is 2.31. The van der Waals surface area contributed by atoms with Gasteiger partial charge in [-0.15, -0.1) is 0 Å². The van der Waals surface area contributed by atoms with Gasteiger partial charge in [-0.1, -0.05) is 38.1 Å². The Hall–Kier alpha value is -3.10. The van der Waals surface area contributed by atoms with Crippen LogP contribution in [0.3, 0.4) is 0 Å². The molecule has 5 rings (SSSR count). The van der Waals surface area contributed by atoms with Crippen molar-refractivity contribution in [3.63, 3.8) is 0 Å². The van der Waals surface area contributed by atoms with Gasteiger partial charge >= 0.3 is 5.97 Å². The molecule has 0 saturated carbocycles. The Morgan fingerprint density at radius 2 is 1.69 bits per heavy atom. The van der Waals surface area contributed by atoms with E-state index in [-0.39, 0.29) is 17.7 Å². The fourth-order valence-corrected chi connectivity index (χ4v) is 6.86. The first kappa shape index (κ1) is 30.4. The summed E-state index contributed by atoms with van der Waals surface area (Å²) in [6.07, 6.45) is 2.75. The van der Waals surface area contributed by atoms with Gasteiger partial charge in [0, 0.05) is 67.5 Å². The number of pyridine rings is 1. The van der Waals surface area contributed by atoms with Gasteiger partial charge in [0.1, 0.15) is 11.6 Å². The van der Waals surface area contributed by atoms with E-state index >= 15 is 0 Å². The van der Waals surface area contributed by atoms with Gasteiger partial charge in [0.15, 0.2) is 0 Å². The number of benzene rings is 2. The first-order valence-corrected chi connectivity index (χ1v) is 16.1. The van der Waals surface area contributed by atoms with Crippen LogP contribution in [0.5, 0.6) is 5.75 Å². The van der Waals surface area contributed by atoms with Crippen molar-refractivity contribution in [1.82, 2.24) is 9.88 Å². The molecule has 42 heavy (non-hydrogen) atoms. The van der Waals surface area contributed by atoms with E-state index in [1.165, 1.54) is 12.1 Å². The second kappa shape index (κ2) is 13.5. The molecular weight excluding hydrogens is 549 g/mol. The molecule has 0 radical (unpaired) electrons. The molecule has 3 aromatic rings. The second-order valence-electron chi connectivity index (χ2n) is 12.2. The number of aryl methyl sites for hydroxylation is 1. The van der Waals surface area contributed by atoms with E-state index in [9.17, 15) is 14.3 Å². The number of aliphatic carboxylic acids is 1. The van der Waals surface area contributed by atoms with Gasteiger partial charge in [-0.2, -0.15) is 11.8 Å². The summed E-state index contributed by atoms with van der Waals surface area (Å²) in [6, 6.07) is 14.6. The molecule has 0 aliphatic carbocycles.